The summed E-state index contributed by atoms with van der Waals surface area (Å²) < 4.78 is 6.17. The Morgan fingerprint density at radius 1 is 1.22 bits per heavy atom. The third-order valence-electron chi connectivity index (χ3n) is 2.68. The highest BCUT2D eigenvalue weighted by atomic mass is 127. The minimum absolute atomic E-state index is 0.170. The number of rotatable bonds is 10. The van der Waals surface area contributed by atoms with Gasteiger partial charge in [0.05, 0.1) is 6.10 Å². The normalized spacial score (nSPS) is 14.8. The summed E-state index contributed by atoms with van der Waals surface area (Å²) in [4.78, 5) is 0. The van der Waals surface area contributed by atoms with Crippen LogP contribution in [0.5, 0.6) is 0 Å². The molecule has 0 saturated heterocycles. The second-order valence-corrected chi connectivity index (χ2v) is 8.99. The second kappa shape index (κ2) is 8.68. The van der Waals surface area contributed by atoms with Gasteiger partial charge in [-0.2, -0.15) is 5.48 Å². The van der Waals surface area contributed by atoms with Gasteiger partial charge in [-0.15, -0.1) is 0 Å². The first-order chi connectivity index (χ1) is 8.20. The van der Waals surface area contributed by atoms with Crippen LogP contribution in [0.1, 0.15) is 47.0 Å². The predicted octanol–water partition coefficient (Wildman–Crippen LogP) is 2.73. The Labute approximate surface area is 125 Å². The molecular formula is C13H29IN2O2. The van der Waals surface area contributed by atoms with Crippen molar-refractivity contribution in [1.29, 1.82) is 0 Å². The Hall–Kier alpha value is 0.570. The summed E-state index contributed by atoms with van der Waals surface area (Å²) in [5, 5.41) is 12.2. The van der Waals surface area contributed by atoms with Gasteiger partial charge < -0.3 is 15.3 Å². The molecule has 0 heterocycles. The van der Waals surface area contributed by atoms with Gasteiger partial charge in [-0.05, 0) is 46.7 Å². The average Bonchev–Trinajstić information content (AvgIpc) is 2.21. The molecule has 0 amide bonds. The third-order valence-corrected chi connectivity index (χ3v) is 3.12. The van der Waals surface area contributed by atoms with Crippen molar-refractivity contribution in [3.05, 3.63) is 0 Å². The Morgan fingerprint density at radius 2 is 1.83 bits per heavy atom. The summed E-state index contributed by atoms with van der Waals surface area (Å²) in [6.45, 7) is 10.1. The molecule has 5 heteroatoms. The Morgan fingerprint density at radius 3 is 2.28 bits per heavy atom. The molecule has 0 saturated carbocycles. The van der Waals surface area contributed by atoms with Crippen molar-refractivity contribution >= 4 is 22.6 Å². The average molecular weight is 372 g/mol. The van der Waals surface area contributed by atoms with Crippen LogP contribution in [-0.2, 0) is 4.74 Å². The van der Waals surface area contributed by atoms with Crippen LogP contribution in [0.3, 0.4) is 0 Å². The molecule has 1 atom stereocenters. The molecule has 18 heavy (non-hydrogen) atoms. The molecule has 110 valence electrons. The molecule has 0 aliphatic rings. The molecule has 0 radical (unpaired) electrons. The largest absolute Gasteiger partial charge is 0.378 e. The van der Waals surface area contributed by atoms with E-state index in [4.69, 9.17) is 9.94 Å². The van der Waals surface area contributed by atoms with E-state index in [2.05, 4.69) is 47.2 Å². The van der Waals surface area contributed by atoms with E-state index in [9.17, 15) is 0 Å². The van der Waals surface area contributed by atoms with Gasteiger partial charge in [0.15, 0.2) is 0 Å². The van der Waals surface area contributed by atoms with Crippen LogP contribution in [0.15, 0.2) is 0 Å². The maximum atomic E-state index is 9.13. The number of hydrogen-bond acceptors (Lipinski definition) is 4. The van der Waals surface area contributed by atoms with Gasteiger partial charge >= 0.3 is 0 Å². The zero-order valence-electron chi connectivity index (χ0n) is 12.3. The van der Waals surface area contributed by atoms with Crippen molar-refractivity contribution in [2.75, 3.05) is 20.2 Å². The molecular weight excluding hydrogens is 343 g/mol. The van der Waals surface area contributed by atoms with E-state index < -0.39 is 0 Å². The molecule has 0 aliphatic carbocycles. The summed E-state index contributed by atoms with van der Waals surface area (Å²) >= 11 is 2.45. The van der Waals surface area contributed by atoms with E-state index in [1.165, 1.54) is 0 Å². The van der Waals surface area contributed by atoms with E-state index in [1.54, 1.807) is 0 Å². The van der Waals surface area contributed by atoms with Crippen molar-refractivity contribution in [1.82, 2.24) is 10.8 Å². The van der Waals surface area contributed by atoms with Crippen molar-refractivity contribution in [2.45, 2.75) is 62.0 Å². The minimum atomic E-state index is -0.310. The second-order valence-electron chi connectivity index (χ2n) is 6.07. The van der Waals surface area contributed by atoms with E-state index in [0.29, 0.717) is 0 Å². The van der Waals surface area contributed by atoms with Gasteiger partial charge in [0.2, 0.25) is 0 Å². The van der Waals surface area contributed by atoms with E-state index in [-0.39, 0.29) is 15.1 Å². The molecule has 0 aromatic rings. The number of hydroxylamine groups is 1. The highest BCUT2D eigenvalue weighted by Crippen LogP contribution is 2.28. The van der Waals surface area contributed by atoms with Crippen molar-refractivity contribution < 1.29 is 9.94 Å². The number of hydrogen-bond donors (Lipinski definition) is 3. The van der Waals surface area contributed by atoms with Gasteiger partial charge in [-0.25, -0.2) is 0 Å². The molecule has 3 N–H and O–H groups in total. The van der Waals surface area contributed by atoms with Crippen LogP contribution < -0.4 is 10.8 Å². The summed E-state index contributed by atoms with van der Waals surface area (Å²) in [7, 11) is 1.95. The summed E-state index contributed by atoms with van der Waals surface area (Å²) in [6.07, 6.45) is 2.97. The van der Waals surface area contributed by atoms with Gasteiger partial charge in [-0.1, -0.05) is 36.4 Å². The molecule has 0 bridgehead atoms. The first kappa shape index (κ1) is 18.6. The number of nitrogens with one attached hydrogen (secondary N) is 2. The standard InChI is InChI=1S/C13H29IN2O2/c1-12(2,14)9-11(10-13(3,4)16-17)18-8-6-7-15-5/h11,15-17H,6-10H2,1-5H3. The van der Waals surface area contributed by atoms with Crippen molar-refractivity contribution in [3.8, 4) is 0 Å². The highest BCUT2D eigenvalue weighted by Gasteiger charge is 2.27. The molecule has 0 fully saturated rings. The fraction of sp³-hybridized carbons (Fsp3) is 1.00. The maximum absolute atomic E-state index is 9.13. The van der Waals surface area contributed by atoms with Gasteiger partial charge in [0.1, 0.15) is 0 Å². The minimum Gasteiger partial charge on any atom is -0.378 e. The third kappa shape index (κ3) is 10.5. The van der Waals surface area contributed by atoms with Gasteiger partial charge in [-0.3, -0.25) is 0 Å². The van der Waals surface area contributed by atoms with Gasteiger partial charge in [0.25, 0.3) is 0 Å². The number of halogens is 1. The lowest BCUT2D eigenvalue weighted by atomic mass is 9.93. The lowest BCUT2D eigenvalue weighted by Gasteiger charge is -2.31. The molecule has 0 spiro atoms. The molecule has 0 aromatic heterocycles. The Balaban J connectivity index is 4.25. The highest BCUT2D eigenvalue weighted by molar-refractivity contribution is 14.1. The van der Waals surface area contributed by atoms with Crippen LogP contribution in [-0.4, -0.2) is 40.5 Å². The smallest absolute Gasteiger partial charge is 0.0605 e. The van der Waals surface area contributed by atoms with Gasteiger partial charge in [0, 0.05) is 15.6 Å². The zero-order valence-corrected chi connectivity index (χ0v) is 14.5. The molecule has 0 aromatic carbocycles. The molecule has 1 unspecified atom stereocenters. The Kier molecular flexibility index (Phi) is 8.96. The van der Waals surface area contributed by atoms with Crippen LogP contribution in [0.4, 0.5) is 0 Å². The van der Waals surface area contributed by atoms with Crippen LogP contribution in [0, 0.1) is 0 Å². The Bertz CT molecular complexity index is 218. The lowest BCUT2D eigenvalue weighted by molar-refractivity contribution is -0.00685. The van der Waals surface area contributed by atoms with E-state index >= 15 is 0 Å². The topological polar surface area (TPSA) is 53.5 Å². The molecule has 4 nitrogen and oxygen atoms in total. The fourth-order valence-corrected chi connectivity index (χ4v) is 2.34. The maximum Gasteiger partial charge on any atom is 0.0605 e. The monoisotopic (exact) mass is 372 g/mol. The predicted molar refractivity (Wildman–Crippen MR) is 84.6 cm³/mol. The first-order valence-corrected chi connectivity index (χ1v) is 7.64. The van der Waals surface area contributed by atoms with Crippen LogP contribution >= 0.6 is 22.6 Å². The fourth-order valence-electron chi connectivity index (χ4n) is 1.85. The van der Waals surface area contributed by atoms with Crippen LogP contribution in [0.2, 0.25) is 0 Å². The zero-order chi connectivity index (χ0) is 14.2. The summed E-state index contributed by atoms with van der Waals surface area (Å²) in [5.74, 6) is 0. The van der Waals surface area contributed by atoms with Crippen LogP contribution in [0.25, 0.3) is 0 Å². The summed E-state index contributed by atoms with van der Waals surface area (Å²) in [5.41, 5.74) is 2.05. The molecule has 0 aliphatic heterocycles. The SMILES string of the molecule is CNCCCOC(CC(C)(C)I)CC(C)(C)NO. The van der Waals surface area contributed by atoms with Crippen molar-refractivity contribution in [2.24, 2.45) is 0 Å². The van der Waals surface area contributed by atoms with E-state index in [0.717, 1.165) is 32.4 Å². The summed E-state index contributed by atoms with van der Waals surface area (Å²) in [6, 6.07) is 0. The number of ether oxygens (including phenoxy) is 1. The lowest BCUT2D eigenvalue weighted by Crippen LogP contribution is -2.42. The first-order valence-electron chi connectivity index (χ1n) is 6.56. The van der Waals surface area contributed by atoms with Crippen molar-refractivity contribution in [3.63, 3.8) is 0 Å². The quantitative estimate of drug-likeness (QED) is 0.239. The number of alkyl halides is 1. The molecule has 0 rings (SSSR count). The van der Waals surface area contributed by atoms with E-state index in [1.807, 2.05) is 20.9 Å².